The quantitative estimate of drug-likeness (QED) is 0.866. The van der Waals surface area contributed by atoms with Crippen molar-refractivity contribution < 1.29 is 4.79 Å². The van der Waals surface area contributed by atoms with Gasteiger partial charge in [-0.1, -0.05) is 13.0 Å². The van der Waals surface area contributed by atoms with E-state index in [0.717, 1.165) is 48.5 Å². The van der Waals surface area contributed by atoms with E-state index in [0.29, 0.717) is 6.04 Å². The Labute approximate surface area is 127 Å². The third-order valence-corrected chi connectivity index (χ3v) is 4.60. The minimum atomic E-state index is 0.119. The zero-order valence-electron chi connectivity index (χ0n) is 12.6. The van der Waals surface area contributed by atoms with Gasteiger partial charge in [0, 0.05) is 36.6 Å². The van der Waals surface area contributed by atoms with Crippen LogP contribution in [0.25, 0.3) is 0 Å². The number of carbonyl (C=O) groups is 1. The van der Waals surface area contributed by atoms with Crippen LogP contribution in [-0.2, 0) is 0 Å². The summed E-state index contributed by atoms with van der Waals surface area (Å²) in [5.41, 5.74) is 1.79. The van der Waals surface area contributed by atoms with Crippen LogP contribution in [0.4, 0.5) is 0 Å². The Hall–Kier alpha value is -1.00. The molecular weight excluding hydrogens is 268 g/mol. The van der Waals surface area contributed by atoms with Crippen LogP contribution >= 0.6 is 12.6 Å². The molecule has 1 fully saturated rings. The van der Waals surface area contributed by atoms with Gasteiger partial charge in [-0.15, -0.1) is 12.6 Å². The standard InChI is InChI=1S/C16H24N2OS/c1-4-18-9-7-13(8-10-18)17(3)16(19)15-11-14(20)6-5-12(15)2/h5-6,11,13,20H,4,7-10H2,1-3H3. The Morgan fingerprint density at radius 2 is 2.05 bits per heavy atom. The van der Waals surface area contributed by atoms with Crippen molar-refractivity contribution in [2.45, 2.75) is 37.6 Å². The first-order chi connectivity index (χ1) is 9.52. The minimum absolute atomic E-state index is 0.119. The summed E-state index contributed by atoms with van der Waals surface area (Å²) in [7, 11) is 1.93. The first kappa shape index (κ1) is 15.4. The first-order valence-corrected chi connectivity index (χ1v) is 7.76. The van der Waals surface area contributed by atoms with E-state index in [1.54, 1.807) is 0 Å². The van der Waals surface area contributed by atoms with Crippen LogP contribution in [0.1, 0.15) is 35.7 Å². The van der Waals surface area contributed by atoms with Gasteiger partial charge in [0.25, 0.3) is 5.91 Å². The highest BCUT2D eigenvalue weighted by Crippen LogP contribution is 2.20. The third kappa shape index (κ3) is 3.36. The number of benzene rings is 1. The summed E-state index contributed by atoms with van der Waals surface area (Å²) in [5.74, 6) is 0.119. The van der Waals surface area contributed by atoms with Crippen molar-refractivity contribution in [1.29, 1.82) is 0 Å². The summed E-state index contributed by atoms with van der Waals surface area (Å²) in [4.78, 5) is 17.8. The van der Waals surface area contributed by atoms with Gasteiger partial charge in [0.2, 0.25) is 0 Å². The Balaban J connectivity index is 2.07. The predicted molar refractivity (Wildman–Crippen MR) is 85.7 cm³/mol. The fourth-order valence-electron chi connectivity index (χ4n) is 2.82. The number of thiol groups is 1. The maximum Gasteiger partial charge on any atom is 0.254 e. The molecule has 1 aliphatic rings. The summed E-state index contributed by atoms with van der Waals surface area (Å²) in [5, 5.41) is 0. The molecule has 0 N–H and O–H groups in total. The van der Waals surface area contributed by atoms with Crippen molar-refractivity contribution in [2.75, 3.05) is 26.7 Å². The second-order valence-corrected chi connectivity index (χ2v) is 6.10. The van der Waals surface area contributed by atoms with Crippen LogP contribution in [0.2, 0.25) is 0 Å². The average molecular weight is 292 g/mol. The molecular formula is C16H24N2OS. The highest BCUT2D eigenvalue weighted by atomic mass is 32.1. The maximum atomic E-state index is 12.6. The van der Waals surface area contributed by atoms with Gasteiger partial charge in [0.05, 0.1) is 0 Å². The van der Waals surface area contributed by atoms with E-state index >= 15 is 0 Å². The highest BCUT2D eigenvalue weighted by molar-refractivity contribution is 7.80. The van der Waals surface area contributed by atoms with Gasteiger partial charge in [0.1, 0.15) is 0 Å². The van der Waals surface area contributed by atoms with Crippen LogP contribution in [-0.4, -0.2) is 48.4 Å². The van der Waals surface area contributed by atoms with E-state index in [1.807, 2.05) is 37.1 Å². The highest BCUT2D eigenvalue weighted by Gasteiger charge is 2.26. The van der Waals surface area contributed by atoms with E-state index in [2.05, 4.69) is 24.5 Å². The number of rotatable bonds is 3. The number of carbonyl (C=O) groups excluding carboxylic acids is 1. The van der Waals surface area contributed by atoms with Crippen molar-refractivity contribution in [1.82, 2.24) is 9.80 Å². The van der Waals surface area contributed by atoms with E-state index < -0.39 is 0 Å². The summed E-state index contributed by atoms with van der Waals surface area (Å²) < 4.78 is 0. The normalized spacial score (nSPS) is 17.2. The maximum absolute atomic E-state index is 12.6. The Kier molecular flexibility index (Phi) is 5.11. The van der Waals surface area contributed by atoms with Crippen LogP contribution < -0.4 is 0 Å². The zero-order chi connectivity index (χ0) is 14.7. The smallest absolute Gasteiger partial charge is 0.254 e. The van der Waals surface area contributed by atoms with Crippen molar-refractivity contribution in [2.24, 2.45) is 0 Å². The molecule has 1 heterocycles. The lowest BCUT2D eigenvalue weighted by Crippen LogP contribution is -2.45. The lowest BCUT2D eigenvalue weighted by molar-refractivity contribution is 0.0646. The van der Waals surface area contributed by atoms with Gasteiger partial charge in [0.15, 0.2) is 0 Å². The third-order valence-electron chi connectivity index (χ3n) is 4.32. The fourth-order valence-corrected chi connectivity index (χ4v) is 3.02. The molecule has 0 bridgehead atoms. The molecule has 1 aliphatic heterocycles. The second-order valence-electron chi connectivity index (χ2n) is 5.58. The average Bonchev–Trinajstić information content (AvgIpc) is 2.48. The molecule has 20 heavy (non-hydrogen) atoms. The van der Waals surface area contributed by atoms with Gasteiger partial charge >= 0.3 is 0 Å². The molecule has 4 heteroatoms. The van der Waals surface area contributed by atoms with Gasteiger partial charge < -0.3 is 9.80 Å². The monoisotopic (exact) mass is 292 g/mol. The van der Waals surface area contributed by atoms with Crippen molar-refractivity contribution in [3.05, 3.63) is 29.3 Å². The van der Waals surface area contributed by atoms with Crippen molar-refractivity contribution in [3.63, 3.8) is 0 Å². The molecule has 1 amide bonds. The molecule has 0 saturated carbocycles. The number of aryl methyl sites for hydroxylation is 1. The molecule has 2 rings (SSSR count). The Bertz CT molecular complexity index is 481. The lowest BCUT2D eigenvalue weighted by Gasteiger charge is -2.36. The number of hydrogen-bond acceptors (Lipinski definition) is 3. The van der Waals surface area contributed by atoms with Crippen LogP contribution in [0.15, 0.2) is 23.1 Å². The Morgan fingerprint density at radius 3 is 2.65 bits per heavy atom. The second kappa shape index (κ2) is 6.64. The number of amides is 1. The molecule has 1 aromatic rings. The number of nitrogens with zero attached hydrogens (tertiary/aromatic N) is 2. The van der Waals surface area contributed by atoms with Crippen LogP contribution in [0.3, 0.4) is 0 Å². The van der Waals surface area contributed by atoms with E-state index in [1.165, 1.54) is 0 Å². The molecule has 0 aromatic heterocycles. The SMILES string of the molecule is CCN1CCC(N(C)C(=O)c2cc(S)ccc2C)CC1. The van der Waals surface area contributed by atoms with Gasteiger partial charge in [-0.05, 0) is 44.0 Å². The summed E-state index contributed by atoms with van der Waals surface area (Å²) >= 11 is 4.34. The molecule has 0 spiro atoms. The number of piperidine rings is 1. The molecule has 110 valence electrons. The summed E-state index contributed by atoms with van der Waals surface area (Å²) in [6.07, 6.45) is 2.13. The van der Waals surface area contributed by atoms with Crippen molar-refractivity contribution in [3.8, 4) is 0 Å². The van der Waals surface area contributed by atoms with E-state index in [9.17, 15) is 4.79 Å². The van der Waals surface area contributed by atoms with Crippen LogP contribution in [0.5, 0.6) is 0 Å². The van der Waals surface area contributed by atoms with Gasteiger partial charge in [-0.3, -0.25) is 4.79 Å². The zero-order valence-corrected chi connectivity index (χ0v) is 13.5. The number of likely N-dealkylation sites (tertiary alicyclic amines) is 1. The van der Waals surface area contributed by atoms with E-state index in [4.69, 9.17) is 0 Å². The molecule has 1 aromatic carbocycles. The predicted octanol–water partition coefficient (Wildman–Crippen LogP) is 2.84. The molecule has 3 nitrogen and oxygen atoms in total. The lowest BCUT2D eigenvalue weighted by atomic mass is 10.0. The minimum Gasteiger partial charge on any atom is -0.339 e. The van der Waals surface area contributed by atoms with Crippen LogP contribution in [0, 0.1) is 6.92 Å². The van der Waals surface area contributed by atoms with Gasteiger partial charge in [-0.25, -0.2) is 0 Å². The number of hydrogen-bond donors (Lipinski definition) is 1. The Morgan fingerprint density at radius 1 is 1.40 bits per heavy atom. The molecule has 0 radical (unpaired) electrons. The fraction of sp³-hybridized carbons (Fsp3) is 0.562. The first-order valence-electron chi connectivity index (χ1n) is 7.32. The summed E-state index contributed by atoms with van der Waals surface area (Å²) in [6.45, 7) is 7.45. The largest absolute Gasteiger partial charge is 0.339 e. The molecule has 1 saturated heterocycles. The van der Waals surface area contributed by atoms with E-state index in [-0.39, 0.29) is 5.91 Å². The topological polar surface area (TPSA) is 23.6 Å². The molecule has 0 unspecified atom stereocenters. The molecule has 0 atom stereocenters. The van der Waals surface area contributed by atoms with Crippen molar-refractivity contribution >= 4 is 18.5 Å². The van der Waals surface area contributed by atoms with Gasteiger partial charge in [-0.2, -0.15) is 0 Å². The molecule has 0 aliphatic carbocycles. The summed E-state index contributed by atoms with van der Waals surface area (Å²) in [6, 6.07) is 6.12.